The van der Waals surface area contributed by atoms with Crippen molar-refractivity contribution < 1.29 is 17.7 Å². The molecule has 2 heterocycles. The molecule has 0 saturated carbocycles. The van der Waals surface area contributed by atoms with E-state index in [1.807, 2.05) is 30.3 Å². The van der Waals surface area contributed by atoms with Crippen LogP contribution in [-0.4, -0.2) is 41.9 Å². The summed E-state index contributed by atoms with van der Waals surface area (Å²) in [5, 5.41) is 7.71. The lowest BCUT2D eigenvalue weighted by Gasteiger charge is -2.29. The highest BCUT2D eigenvalue weighted by Gasteiger charge is 2.30. The van der Waals surface area contributed by atoms with Crippen LogP contribution in [0.2, 0.25) is 0 Å². The van der Waals surface area contributed by atoms with E-state index in [1.54, 1.807) is 30.3 Å². The van der Waals surface area contributed by atoms with Crippen molar-refractivity contribution >= 4 is 27.7 Å². The average molecular weight is 455 g/mol. The Bertz CT molecular complexity index is 1270. The van der Waals surface area contributed by atoms with Gasteiger partial charge in [0.1, 0.15) is 0 Å². The van der Waals surface area contributed by atoms with Crippen molar-refractivity contribution in [2.24, 2.45) is 5.92 Å². The molecule has 9 nitrogen and oxygen atoms in total. The zero-order valence-electron chi connectivity index (χ0n) is 17.1. The second-order valence-corrected chi connectivity index (χ2v) is 9.26. The van der Waals surface area contributed by atoms with Gasteiger partial charge in [-0.2, -0.15) is 4.31 Å². The Morgan fingerprint density at radius 1 is 1.12 bits per heavy atom. The van der Waals surface area contributed by atoms with Gasteiger partial charge >= 0.3 is 5.76 Å². The lowest BCUT2D eigenvalue weighted by Crippen LogP contribution is -2.40. The molecule has 1 fully saturated rings. The number of anilines is 1. The van der Waals surface area contributed by atoms with Gasteiger partial charge in [-0.1, -0.05) is 47.6 Å². The Labute approximate surface area is 184 Å². The number of aromatic amines is 1. The minimum atomic E-state index is -3.55. The quantitative estimate of drug-likeness (QED) is 0.590. The van der Waals surface area contributed by atoms with E-state index in [1.165, 1.54) is 9.71 Å². The normalized spacial score (nSPS) is 15.8. The number of carbonyl (C=O) groups is 1. The number of H-pyrrole nitrogens is 1. The molecule has 4 rings (SSSR count). The SMILES string of the molecule is O=C(Nc1cccc(-c2noc(=O)[nH]2)c1)C1CCN(S(=O)(=O)/C=C/c2ccccc2)CC1. The maximum absolute atomic E-state index is 12.7. The molecular weight excluding hydrogens is 432 g/mol. The van der Waals surface area contributed by atoms with Crippen LogP contribution < -0.4 is 11.1 Å². The average Bonchev–Trinajstić information content (AvgIpc) is 3.25. The van der Waals surface area contributed by atoms with Gasteiger partial charge in [-0.3, -0.25) is 14.3 Å². The van der Waals surface area contributed by atoms with Gasteiger partial charge in [-0.25, -0.2) is 13.2 Å². The number of carbonyl (C=O) groups excluding carboxylic acids is 1. The number of nitrogens with one attached hydrogen (secondary N) is 2. The van der Waals surface area contributed by atoms with Gasteiger partial charge in [0, 0.05) is 35.7 Å². The van der Waals surface area contributed by atoms with Crippen molar-refractivity contribution in [2.75, 3.05) is 18.4 Å². The topological polar surface area (TPSA) is 125 Å². The van der Waals surface area contributed by atoms with Crippen molar-refractivity contribution in [3.8, 4) is 11.4 Å². The number of piperidine rings is 1. The summed E-state index contributed by atoms with van der Waals surface area (Å²) < 4.78 is 31.1. The fourth-order valence-electron chi connectivity index (χ4n) is 3.53. The second-order valence-electron chi connectivity index (χ2n) is 7.45. The fraction of sp³-hybridized carbons (Fsp3) is 0.227. The fourth-order valence-corrected chi connectivity index (χ4v) is 4.75. The summed E-state index contributed by atoms with van der Waals surface area (Å²) in [7, 11) is -3.55. The minimum Gasteiger partial charge on any atom is -0.326 e. The van der Waals surface area contributed by atoms with Crippen LogP contribution in [0, 0.1) is 5.92 Å². The highest BCUT2D eigenvalue weighted by molar-refractivity contribution is 7.92. The van der Waals surface area contributed by atoms with Gasteiger partial charge in [-0.15, -0.1) is 0 Å². The molecule has 0 bridgehead atoms. The molecular formula is C22H22N4O5S. The number of nitrogens with zero attached hydrogens (tertiary/aromatic N) is 2. The van der Waals surface area contributed by atoms with Crippen LogP contribution in [0.1, 0.15) is 18.4 Å². The number of benzene rings is 2. The van der Waals surface area contributed by atoms with Crippen molar-refractivity contribution in [3.05, 3.63) is 76.1 Å². The molecule has 0 radical (unpaired) electrons. The summed E-state index contributed by atoms with van der Waals surface area (Å²) in [6, 6.07) is 16.1. The third-order valence-electron chi connectivity index (χ3n) is 5.26. The summed E-state index contributed by atoms with van der Waals surface area (Å²) in [6.45, 7) is 0.555. The van der Waals surface area contributed by atoms with E-state index >= 15 is 0 Å². The molecule has 1 saturated heterocycles. The van der Waals surface area contributed by atoms with Crippen LogP contribution in [0.4, 0.5) is 5.69 Å². The maximum atomic E-state index is 12.7. The molecule has 0 atom stereocenters. The first-order chi connectivity index (χ1) is 15.4. The van der Waals surface area contributed by atoms with Gasteiger partial charge in [0.15, 0.2) is 5.82 Å². The summed E-state index contributed by atoms with van der Waals surface area (Å²) in [6.07, 6.45) is 2.43. The Hall–Kier alpha value is -3.50. The number of rotatable bonds is 6. The molecule has 10 heteroatoms. The van der Waals surface area contributed by atoms with Crippen LogP contribution in [-0.2, 0) is 14.8 Å². The number of hydrogen-bond acceptors (Lipinski definition) is 6. The van der Waals surface area contributed by atoms with Gasteiger partial charge in [0.25, 0.3) is 0 Å². The van der Waals surface area contributed by atoms with E-state index in [2.05, 4.69) is 20.0 Å². The first kappa shape index (κ1) is 21.7. The standard InChI is InChI=1S/C22H22N4O5S/c27-21(23-19-8-4-7-18(15-19)20-24-22(28)31-25-20)17-9-12-26(13-10-17)32(29,30)14-11-16-5-2-1-3-6-16/h1-8,11,14-15,17H,9-10,12-13H2,(H,23,27)(H,24,25,28)/b14-11+. The number of sulfonamides is 1. The van der Waals surface area contributed by atoms with Crippen LogP contribution in [0.5, 0.6) is 0 Å². The smallest absolute Gasteiger partial charge is 0.326 e. The monoisotopic (exact) mass is 454 g/mol. The molecule has 0 unspecified atom stereocenters. The van der Waals surface area contributed by atoms with Crippen molar-refractivity contribution in [1.82, 2.24) is 14.4 Å². The Morgan fingerprint density at radius 2 is 1.88 bits per heavy atom. The number of hydrogen-bond donors (Lipinski definition) is 2. The molecule has 1 aromatic heterocycles. The number of amides is 1. The van der Waals surface area contributed by atoms with Crippen LogP contribution in [0.3, 0.4) is 0 Å². The van der Waals surface area contributed by atoms with E-state index in [4.69, 9.17) is 0 Å². The maximum Gasteiger partial charge on any atom is 0.439 e. The Balaban J connectivity index is 1.35. The molecule has 32 heavy (non-hydrogen) atoms. The molecule has 3 aromatic rings. The van der Waals surface area contributed by atoms with E-state index in [0.717, 1.165) is 5.56 Å². The van der Waals surface area contributed by atoms with Crippen LogP contribution >= 0.6 is 0 Å². The summed E-state index contributed by atoms with van der Waals surface area (Å²) in [4.78, 5) is 26.3. The van der Waals surface area contributed by atoms with E-state index in [0.29, 0.717) is 24.1 Å². The zero-order valence-corrected chi connectivity index (χ0v) is 17.9. The van der Waals surface area contributed by atoms with E-state index in [-0.39, 0.29) is 30.7 Å². The molecule has 2 N–H and O–H groups in total. The predicted octanol–water partition coefficient (Wildman–Crippen LogP) is 2.68. The van der Waals surface area contributed by atoms with Crippen LogP contribution in [0.15, 0.2) is 69.3 Å². The van der Waals surface area contributed by atoms with Gasteiger partial charge in [0.2, 0.25) is 15.9 Å². The summed E-state index contributed by atoms with van der Waals surface area (Å²) >= 11 is 0. The van der Waals surface area contributed by atoms with Crippen LogP contribution in [0.25, 0.3) is 17.5 Å². The van der Waals surface area contributed by atoms with Crippen molar-refractivity contribution in [3.63, 3.8) is 0 Å². The van der Waals surface area contributed by atoms with Crippen molar-refractivity contribution in [2.45, 2.75) is 12.8 Å². The molecule has 0 spiro atoms. The first-order valence-corrected chi connectivity index (χ1v) is 11.6. The number of aromatic nitrogens is 2. The van der Waals surface area contributed by atoms with Gasteiger partial charge < -0.3 is 5.32 Å². The minimum absolute atomic E-state index is 0.173. The largest absolute Gasteiger partial charge is 0.439 e. The predicted molar refractivity (Wildman–Crippen MR) is 120 cm³/mol. The molecule has 1 amide bonds. The van der Waals surface area contributed by atoms with E-state index in [9.17, 15) is 18.0 Å². The molecule has 2 aromatic carbocycles. The Morgan fingerprint density at radius 3 is 2.56 bits per heavy atom. The third-order valence-corrected chi connectivity index (χ3v) is 6.83. The molecule has 0 aliphatic carbocycles. The molecule has 1 aliphatic rings. The van der Waals surface area contributed by atoms with Crippen molar-refractivity contribution in [1.29, 1.82) is 0 Å². The second kappa shape index (κ2) is 9.33. The molecule has 1 aliphatic heterocycles. The lowest BCUT2D eigenvalue weighted by atomic mass is 9.97. The Kier molecular flexibility index (Phi) is 6.33. The zero-order chi connectivity index (χ0) is 22.6. The summed E-state index contributed by atoms with van der Waals surface area (Å²) in [5.41, 5.74) is 1.96. The van der Waals surface area contributed by atoms with Gasteiger partial charge in [0.05, 0.1) is 0 Å². The highest BCUT2D eigenvalue weighted by Crippen LogP contribution is 2.24. The lowest BCUT2D eigenvalue weighted by molar-refractivity contribution is -0.120. The van der Waals surface area contributed by atoms with E-state index < -0.39 is 15.8 Å². The van der Waals surface area contributed by atoms with Gasteiger partial charge in [-0.05, 0) is 36.6 Å². The molecule has 166 valence electrons. The summed E-state index contributed by atoms with van der Waals surface area (Å²) in [5.74, 6) is -0.856. The highest BCUT2D eigenvalue weighted by atomic mass is 32.2. The first-order valence-electron chi connectivity index (χ1n) is 10.1. The third kappa shape index (κ3) is 5.21.